The largest absolute Gasteiger partial charge is 0.296 e. The lowest BCUT2D eigenvalue weighted by atomic mass is 9.80. The quantitative estimate of drug-likeness (QED) is 0.181. The van der Waals surface area contributed by atoms with Crippen molar-refractivity contribution >= 4 is 32.6 Å². The molecular formula is C44H34N2. The normalized spacial score (nSPS) is 20.1. The standard InChI is InChI=1S/C44H34N2/c1-4-41-45-38-22-12-14-24-40(38)46(41)39-23-13-10-20-35(39)43-33-18-7-5-16-31(33)42(32-17-6-8-19-34(32)43)28-25-26-30-29-15-9-11-21-36(29)44(2,3)37(30)27-28/h5-27H,4H2,1-3H3/i1D3,4D2,5D,6D,7D,8D,9D,11D,15D,16D,17D,18D,19D,21D,25D,26D,27D. The molecule has 9 rings (SSSR count). The molecule has 0 aliphatic heterocycles. The predicted molar refractivity (Wildman–Crippen MR) is 194 cm³/mol. The molecule has 0 bridgehead atoms. The summed E-state index contributed by atoms with van der Waals surface area (Å²) in [6.07, 6.45) is -3.10. The highest BCUT2D eigenvalue weighted by atomic mass is 15.1. The van der Waals surface area contributed by atoms with Crippen LogP contribution in [-0.2, 0) is 11.8 Å². The summed E-state index contributed by atoms with van der Waals surface area (Å²) >= 11 is 0. The summed E-state index contributed by atoms with van der Waals surface area (Å²) in [6.45, 7) is -0.0946. The van der Waals surface area contributed by atoms with E-state index in [1.54, 1.807) is 44.2 Å². The Hall–Kier alpha value is -5.47. The van der Waals surface area contributed by atoms with Gasteiger partial charge in [-0.2, -0.15) is 0 Å². The Morgan fingerprint density at radius 2 is 1.30 bits per heavy atom. The summed E-state index contributed by atoms with van der Waals surface area (Å²) in [6, 6.07) is 2.41. The second kappa shape index (κ2) is 10.0. The van der Waals surface area contributed by atoms with E-state index in [9.17, 15) is 9.60 Å². The Balaban J connectivity index is 1.55. The SMILES string of the molecule is [2H]c1c([2H])c([2H])c2c(c1[2H])-c1c([2H])c([2H])c(-c3c4c([2H])c([2H])c([2H])c([2H])c4c(-c4ccccc4-n4c(C([2H])([2H])C([2H])([2H])[2H])nc5ccccc54)c4c([2H])c([2H])c([2H])c([2H])c34)c([2H])c1C2(C)C. The van der Waals surface area contributed by atoms with Gasteiger partial charge >= 0.3 is 0 Å². The third-order valence-corrected chi connectivity index (χ3v) is 8.71. The molecule has 0 spiro atoms. The van der Waals surface area contributed by atoms with Gasteiger partial charge in [-0.3, -0.25) is 4.57 Å². The van der Waals surface area contributed by atoms with Gasteiger partial charge in [0.05, 0.1) is 37.3 Å². The van der Waals surface area contributed by atoms with Crippen molar-refractivity contribution in [3.8, 4) is 39.1 Å². The Morgan fingerprint density at radius 3 is 2.07 bits per heavy atom. The van der Waals surface area contributed by atoms with Crippen LogP contribution >= 0.6 is 0 Å². The van der Waals surface area contributed by atoms with Gasteiger partial charge in [0.25, 0.3) is 0 Å². The number of hydrogen-bond donors (Lipinski definition) is 0. The predicted octanol–water partition coefficient (Wildman–Crippen LogP) is 11.5. The van der Waals surface area contributed by atoms with Crippen LogP contribution in [0.4, 0.5) is 0 Å². The zero-order valence-electron chi connectivity index (χ0n) is 44.5. The van der Waals surface area contributed by atoms with Crippen molar-refractivity contribution in [3.05, 3.63) is 156 Å². The number of nitrogens with zero attached hydrogens (tertiary/aromatic N) is 2. The number of imidazole rings is 1. The van der Waals surface area contributed by atoms with Crippen LogP contribution in [0.5, 0.6) is 0 Å². The molecule has 2 nitrogen and oxygen atoms in total. The first-order chi connectivity index (χ1) is 30.7. The second-order valence-corrected chi connectivity index (χ2v) is 11.5. The van der Waals surface area contributed by atoms with E-state index in [2.05, 4.69) is 4.98 Å². The molecule has 0 amide bonds. The van der Waals surface area contributed by atoms with E-state index in [1.165, 1.54) is 22.8 Å². The minimum Gasteiger partial charge on any atom is -0.296 e. The minimum absolute atomic E-state index is 0.00730. The Kier molecular flexibility index (Phi) is 2.94. The first-order valence-corrected chi connectivity index (χ1v) is 14.5. The van der Waals surface area contributed by atoms with Gasteiger partial charge in [-0.05, 0) is 84.7 Å². The third kappa shape index (κ3) is 3.74. The fourth-order valence-corrected chi connectivity index (χ4v) is 6.66. The van der Waals surface area contributed by atoms with Gasteiger partial charge in [0.2, 0.25) is 0 Å². The lowest BCUT2D eigenvalue weighted by Gasteiger charge is -2.23. The van der Waals surface area contributed by atoms with Gasteiger partial charge in [0.15, 0.2) is 0 Å². The monoisotopic (exact) mass is 610 g/mol. The highest BCUT2D eigenvalue weighted by molar-refractivity contribution is 6.22. The Morgan fingerprint density at radius 1 is 0.674 bits per heavy atom. The molecular weight excluding hydrogens is 556 g/mol. The zero-order chi connectivity index (χ0) is 48.3. The van der Waals surface area contributed by atoms with Crippen LogP contribution in [0.15, 0.2) is 139 Å². The van der Waals surface area contributed by atoms with Gasteiger partial charge in [-0.25, -0.2) is 4.98 Å². The summed E-state index contributed by atoms with van der Waals surface area (Å²) in [5.41, 5.74) is -2.26. The molecule has 0 atom stereocenters. The average Bonchev–Trinajstić information content (AvgIpc) is 3.78. The van der Waals surface area contributed by atoms with Crippen LogP contribution in [0.2, 0.25) is 0 Å². The fraction of sp³-hybridized carbons (Fsp3) is 0.114. The van der Waals surface area contributed by atoms with Crippen molar-refractivity contribution in [3.63, 3.8) is 0 Å². The van der Waals surface area contributed by atoms with E-state index in [0.717, 1.165) is 0 Å². The third-order valence-electron chi connectivity index (χ3n) is 8.71. The number of rotatable bonds is 4. The van der Waals surface area contributed by atoms with Crippen molar-refractivity contribution in [1.29, 1.82) is 0 Å². The van der Waals surface area contributed by atoms with E-state index in [0.29, 0.717) is 0 Å². The first-order valence-electron chi connectivity index (χ1n) is 24.5. The van der Waals surface area contributed by atoms with Gasteiger partial charge in [-0.15, -0.1) is 0 Å². The molecule has 0 N–H and O–H groups in total. The zero-order valence-corrected chi connectivity index (χ0v) is 24.5. The number of aryl methyl sites for hydroxylation is 1. The second-order valence-electron chi connectivity index (χ2n) is 11.5. The Labute approximate surface area is 297 Å². The lowest BCUT2D eigenvalue weighted by molar-refractivity contribution is 0.660. The molecule has 8 aromatic rings. The molecule has 7 aromatic carbocycles. The molecule has 0 fully saturated rings. The first kappa shape index (κ1) is 13.5. The summed E-state index contributed by atoms with van der Waals surface area (Å²) < 4.78 is 181. The topological polar surface area (TPSA) is 17.8 Å². The number of fused-ring (bicyclic) bond motifs is 6. The molecule has 2 heteroatoms. The Bertz CT molecular complexity index is 3450. The molecule has 1 aliphatic rings. The molecule has 1 heterocycles. The smallest absolute Gasteiger partial charge is 0.114 e. The fourth-order valence-electron chi connectivity index (χ4n) is 6.66. The van der Waals surface area contributed by atoms with Crippen LogP contribution in [0.3, 0.4) is 0 Å². The average molecular weight is 611 g/mol. The number of benzene rings is 7. The van der Waals surface area contributed by atoms with Crippen LogP contribution in [0.25, 0.3) is 71.6 Å². The number of hydrogen-bond acceptors (Lipinski definition) is 1. The maximum atomic E-state index is 9.93. The van der Waals surface area contributed by atoms with E-state index < -0.39 is 137 Å². The van der Waals surface area contributed by atoms with E-state index in [1.807, 2.05) is 0 Å². The lowest BCUT2D eigenvalue weighted by Crippen LogP contribution is -2.14. The minimum atomic E-state index is -3.26. The van der Waals surface area contributed by atoms with E-state index in [4.69, 9.17) is 17.8 Å². The highest BCUT2D eigenvalue weighted by Gasteiger charge is 2.35. The molecule has 1 aliphatic carbocycles. The molecule has 0 unspecified atom stereocenters. The molecule has 0 saturated heterocycles. The summed E-state index contributed by atoms with van der Waals surface area (Å²) in [5.74, 6) is -0.561. The molecule has 220 valence electrons. The van der Waals surface area contributed by atoms with Gasteiger partial charge in [0, 0.05) is 24.2 Å². The van der Waals surface area contributed by atoms with Crippen molar-refractivity contribution in [2.24, 2.45) is 0 Å². The number of aromatic nitrogens is 2. The van der Waals surface area contributed by atoms with Crippen molar-refractivity contribution in [2.75, 3.05) is 0 Å². The van der Waals surface area contributed by atoms with Gasteiger partial charge < -0.3 is 0 Å². The highest BCUT2D eigenvalue weighted by Crippen LogP contribution is 2.51. The maximum absolute atomic E-state index is 9.93. The van der Waals surface area contributed by atoms with E-state index >= 15 is 0 Å². The van der Waals surface area contributed by atoms with Crippen LogP contribution in [-0.4, -0.2) is 9.55 Å². The molecule has 1 aromatic heterocycles. The van der Waals surface area contributed by atoms with Crippen molar-refractivity contribution < 1.29 is 27.4 Å². The molecule has 0 radical (unpaired) electrons. The van der Waals surface area contributed by atoms with Gasteiger partial charge in [0.1, 0.15) is 5.82 Å². The van der Waals surface area contributed by atoms with Crippen LogP contribution < -0.4 is 0 Å². The molecule has 46 heavy (non-hydrogen) atoms. The summed E-state index contributed by atoms with van der Waals surface area (Å²) in [4.78, 5) is 4.44. The van der Waals surface area contributed by atoms with Gasteiger partial charge in [-0.1, -0.05) is 136 Å². The van der Waals surface area contributed by atoms with Crippen LogP contribution in [0.1, 0.15) is 65.1 Å². The summed E-state index contributed by atoms with van der Waals surface area (Å²) in [5, 5.41) is -1.51. The maximum Gasteiger partial charge on any atom is 0.114 e. The number of para-hydroxylation sites is 3. The van der Waals surface area contributed by atoms with Crippen LogP contribution in [0, 0.1) is 0 Å². The summed E-state index contributed by atoms with van der Waals surface area (Å²) in [7, 11) is 0. The van der Waals surface area contributed by atoms with E-state index in [-0.39, 0.29) is 60.9 Å². The van der Waals surface area contributed by atoms with Crippen molar-refractivity contribution in [2.45, 2.75) is 32.5 Å². The molecule has 0 saturated carbocycles. The van der Waals surface area contributed by atoms with Crippen molar-refractivity contribution in [1.82, 2.24) is 9.55 Å².